The van der Waals surface area contributed by atoms with Gasteiger partial charge in [-0.1, -0.05) is 32.1 Å². The lowest BCUT2D eigenvalue weighted by Gasteiger charge is -2.27. The zero-order valence-corrected chi connectivity index (χ0v) is 20.4. The largest absolute Gasteiger partial charge is 0.343 e. The molecule has 33 heavy (non-hydrogen) atoms. The highest BCUT2D eigenvalue weighted by Crippen LogP contribution is 2.31. The number of fused-ring (bicyclic) bond motifs is 1. The second kappa shape index (κ2) is 11.0. The molecule has 2 aliphatic heterocycles. The molecule has 0 aromatic heterocycles. The molecule has 7 nitrogen and oxygen atoms in total. The Morgan fingerprint density at radius 1 is 0.848 bits per heavy atom. The third kappa shape index (κ3) is 6.15. The summed E-state index contributed by atoms with van der Waals surface area (Å²) in [7, 11) is -3.58. The third-order valence-electron chi connectivity index (χ3n) is 7.25. The maximum Gasteiger partial charge on any atom is 0.240 e. The van der Waals surface area contributed by atoms with Gasteiger partial charge >= 0.3 is 0 Å². The van der Waals surface area contributed by atoms with Crippen LogP contribution in [0.25, 0.3) is 0 Å². The van der Waals surface area contributed by atoms with E-state index in [4.69, 9.17) is 0 Å². The van der Waals surface area contributed by atoms with Gasteiger partial charge in [0.15, 0.2) is 0 Å². The van der Waals surface area contributed by atoms with Gasteiger partial charge in [-0.2, -0.15) is 0 Å². The van der Waals surface area contributed by atoms with E-state index in [1.165, 1.54) is 25.7 Å². The first-order valence-corrected chi connectivity index (χ1v) is 14.2. The minimum atomic E-state index is -3.58. The highest BCUT2D eigenvalue weighted by atomic mass is 32.2. The molecule has 182 valence electrons. The Morgan fingerprint density at radius 2 is 1.48 bits per heavy atom. The number of anilines is 1. The summed E-state index contributed by atoms with van der Waals surface area (Å²) in [4.78, 5) is 29.1. The first-order chi connectivity index (χ1) is 15.9. The predicted molar refractivity (Wildman–Crippen MR) is 129 cm³/mol. The molecular weight excluding hydrogens is 438 g/mol. The van der Waals surface area contributed by atoms with Crippen molar-refractivity contribution in [2.45, 2.75) is 94.4 Å². The van der Waals surface area contributed by atoms with Crippen LogP contribution in [0.2, 0.25) is 0 Å². The highest BCUT2D eigenvalue weighted by molar-refractivity contribution is 7.89. The number of sulfonamides is 1. The molecule has 0 radical (unpaired) electrons. The number of nitrogens with zero attached hydrogens (tertiary/aromatic N) is 2. The summed E-state index contributed by atoms with van der Waals surface area (Å²) in [6.45, 7) is 2.13. The van der Waals surface area contributed by atoms with Crippen molar-refractivity contribution in [3.63, 3.8) is 0 Å². The van der Waals surface area contributed by atoms with E-state index in [2.05, 4.69) is 4.72 Å². The molecule has 3 aliphatic rings. The highest BCUT2D eigenvalue weighted by Gasteiger charge is 2.28. The van der Waals surface area contributed by atoms with E-state index in [1.54, 1.807) is 23.1 Å². The van der Waals surface area contributed by atoms with Crippen molar-refractivity contribution in [3.8, 4) is 0 Å². The minimum Gasteiger partial charge on any atom is -0.343 e. The van der Waals surface area contributed by atoms with E-state index in [0.29, 0.717) is 13.0 Å². The Labute approximate surface area is 198 Å². The van der Waals surface area contributed by atoms with Crippen LogP contribution < -0.4 is 9.62 Å². The fourth-order valence-corrected chi connectivity index (χ4v) is 6.67. The number of likely N-dealkylation sites (tertiary alicyclic amines) is 1. The molecule has 8 heteroatoms. The molecule has 1 aromatic carbocycles. The van der Waals surface area contributed by atoms with Crippen LogP contribution in [0.3, 0.4) is 0 Å². The Morgan fingerprint density at radius 3 is 2.21 bits per heavy atom. The molecule has 0 atom stereocenters. The summed E-state index contributed by atoms with van der Waals surface area (Å²) >= 11 is 0. The van der Waals surface area contributed by atoms with Crippen molar-refractivity contribution in [1.82, 2.24) is 9.62 Å². The van der Waals surface area contributed by atoms with Gasteiger partial charge in [0.25, 0.3) is 0 Å². The maximum atomic E-state index is 13.0. The lowest BCUT2D eigenvalue weighted by atomic mass is 9.97. The van der Waals surface area contributed by atoms with Gasteiger partial charge in [-0.3, -0.25) is 9.59 Å². The summed E-state index contributed by atoms with van der Waals surface area (Å²) in [5, 5.41) is 0. The zero-order valence-electron chi connectivity index (χ0n) is 19.6. The number of carbonyl (C=O) groups excluding carboxylic acids is 2. The molecule has 0 bridgehead atoms. The fraction of sp³-hybridized carbons (Fsp3) is 0.680. The summed E-state index contributed by atoms with van der Waals surface area (Å²) in [5.41, 5.74) is 1.65. The quantitative estimate of drug-likeness (QED) is 0.679. The monoisotopic (exact) mass is 475 g/mol. The van der Waals surface area contributed by atoms with Crippen LogP contribution >= 0.6 is 0 Å². The second-order valence-corrected chi connectivity index (χ2v) is 11.4. The Kier molecular flexibility index (Phi) is 8.07. The van der Waals surface area contributed by atoms with Crippen molar-refractivity contribution in [3.05, 3.63) is 23.8 Å². The Balaban J connectivity index is 1.36. The van der Waals surface area contributed by atoms with Gasteiger partial charge in [0, 0.05) is 44.2 Å². The van der Waals surface area contributed by atoms with E-state index >= 15 is 0 Å². The molecule has 0 unspecified atom stereocenters. The molecule has 1 aromatic rings. The van der Waals surface area contributed by atoms with Crippen molar-refractivity contribution in [2.75, 3.05) is 24.5 Å². The standard InChI is InChI=1S/C25H37N3O4S/c29-24(27-16-7-4-8-17-27)13-14-25(30)28-18-15-20-19-22(11-12-23(20)28)33(31,32)26-21-9-5-2-1-3-6-10-21/h11-12,19,21,26H,1-10,13-18H2. The SMILES string of the molecule is O=C(CCC(=O)N1CCc2cc(S(=O)(=O)NC3CCCCCCC3)ccc21)N1CCCCC1. The molecule has 2 amide bonds. The summed E-state index contributed by atoms with van der Waals surface area (Å²) in [6, 6.07) is 5.07. The van der Waals surface area contributed by atoms with Gasteiger partial charge in [-0.25, -0.2) is 13.1 Å². The molecule has 0 spiro atoms. The minimum absolute atomic E-state index is 0.000859. The van der Waals surface area contributed by atoms with Gasteiger partial charge in [-0.15, -0.1) is 0 Å². The topological polar surface area (TPSA) is 86.8 Å². The lowest BCUT2D eigenvalue weighted by Crippen LogP contribution is -2.37. The van der Waals surface area contributed by atoms with E-state index in [9.17, 15) is 18.0 Å². The van der Waals surface area contributed by atoms with E-state index in [1.807, 2.05) is 4.90 Å². The molecular formula is C25H37N3O4S. The first-order valence-electron chi connectivity index (χ1n) is 12.7. The molecule has 2 heterocycles. The van der Waals surface area contributed by atoms with Crippen LogP contribution in [0.5, 0.6) is 0 Å². The number of hydrogen-bond acceptors (Lipinski definition) is 4. The number of amides is 2. The summed E-state index contributed by atoms with van der Waals surface area (Å²) in [5.74, 6) is -0.00781. The number of benzene rings is 1. The number of hydrogen-bond donors (Lipinski definition) is 1. The zero-order chi connectivity index (χ0) is 23.3. The van der Waals surface area contributed by atoms with Crippen molar-refractivity contribution in [2.24, 2.45) is 0 Å². The van der Waals surface area contributed by atoms with Crippen LogP contribution in [0, 0.1) is 0 Å². The maximum absolute atomic E-state index is 13.0. The summed E-state index contributed by atoms with van der Waals surface area (Å²) < 4.78 is 28.9. The number of carbonyl (C=O) groups is 2. The van der Waals surface area contributed by atoms with E-state index in [0.717, 1.165) is 62.9 Å². The number of piperidine rings is 1. The van der Waals surface area contributed by atoms with Crippen LogP contribution in [0.1, 0.15) is 82.6 Å². The predicted octanol–water partition coefficient (Wildman–Crippen LogP) is 3.76. The normalized spacial score (nSPS) is 20.2. The van der Waals surface area contributed by atoms with Gasteiger partial charge in [-0.05, 0) is 62.3 Å². The summed E-state index contributed by atoms with van der Waals surface area (Å²) in [6.07, 6.45) is 11.8. The molecule has 4 rings (SSSR count). The number of rotatable bonds is 6. The fourth-order valence-electron chi connectivity index (χ4n) is 5.32. The van der Waals surface area contributed by atoms with Crippen LogP contribution in [-0.4, -0.2) is 50.8 Å². The lowest BCUT2D eigenvalue weighted by molar-refractivity contribution is -0.133. The van der Waals surface area contributed by atoms with Gasteiger partial charge in [0.1, 0.15) is 0 Å². The average molecular weight is 476 g/mol. The van der Waals surface area contributed by atoms with Crippen molar-refractivity contribution >= 4 is 27.5 Å². The Bertz CT molecular complexity index is 948. The molecule has 1 saturated heterocycles. The molecule has 1 N–H and O–H groups in total. The third-order valence-corrected chi connectivity index (χ3v) is 8.76. The molecule has 2 fully saturated rings. The van der Waals surface area contributed by atoms with Gasteiger partial charge in [0.2, 0.25) is 21.8 Å². The van der Waals surface area contributed by atoms with Crippen LogP contribution in [0.4, 0.5) is 5.69 Å². The van der Waals surface area contributed by atoms with Gasteiger partial charge in [0.05, 0.1) is 4.90 Å². The molecule has 1 aliphatic carbocycles. The van der Waals surface area contributed by atoms with Crippen LogP contribution in [0.15, 0.2) is 23.1 Å². The van der Waals surface area contributed by atoms with E-state index < -0.39 is 10.0 Å². The molecule has 1 saturated carbocycles. The second-order valence-electron chi connectivity index (χ2n) is 9.69. The van der Waals surface area contributed by atoms with Crippen molar-refractivity contribution < 1.29 is 18.0 Å². The smallest absolute Gasteiger partial charge is 0.240 e. The first kappa shape index (κ1) is 24.2. The van der Waals surface area contributed by atoms with Crippen molar-refractivity contribution in [1.29, 1.82) is 0 Å². The van der Waals surface area contributed by atoms with Crippen LogP contribution in [-0.2, 0) is 26.0 Å². The van der Waals surface area contributed by atoms with Gasteiger partial charge < -0.3 is 9.80 Å². The van der Waals surface area contributed by atoms with E-state index in [-0.39, 0.29) is 35.6 Å². The number of nitrogens with one attached hydrogen (secondary N) is 1. The average Bonchev–Trinajstić information content (AvgIpc) is 3.23. The Hall–Kier alpha value is -1.93.